The maximum absolute atomic E-state index is 12.4. The summed E-state index contributed by atoms with van der Waals surface area (Å²) in [4.78, 5) is 19.2. The summed E-state index contributed by atoms with van der Waals surface area (Å²) in [5.74, 6) is 2.21. The van der Waals surface area contributed by atoms with Crippen LogP contribution in [0, 0.1) is 25.7 Å². The molecule has 1 unspecified atom stereocenters. The van der Waals surface area contributed by atoms with Gasteiger partial charge in [-0.05, 0) is 51.9 Å². The third kappa shape index (κ3) is 3.29. The molecule has 3 heterocycles. The van der Waals surface area contributed by atoms with E-state index in [2.05, 4.69) is 35.2 Å². The van der Waals surface area contributed by atoms with Crippen molar-refractivity contribution in [2.24, 2.45) is 11.8 Å². The summed E-state index contributed by atoms with van der Waals surface area (Å²) in [6.07, 6.45) is 5.36. The van der Waals surface area contributed by atoms with E-state index in [1.807, 2.05) is 11.4 Å². The van der Waals surface area contributed by atoms with Crippen molar-refractivity contribution >= 4 is 17.4 Å². The van der Waals surface area contributed by atoms with Gasteiger partial charge in [-0.1, -0.05) is 6.92 Å². The van der Waals surface area contributed by atoms with Crippen LogP contribution in [0.4, 0.5) is 5.82 Å². The Kier molecular flexibility index (Phi) is 4.59. The second kappa shape index (κ2) is 6.89. The topological polar surface area (TPSA) is 62.5 Å². The fourth-order valence-corrected chi connectivity index (χ4v) is 3.86. The molecule has 6 heteroatoms. The van der Waals surface area contributed by atoms with Crippen molar-refractivity contribution in [3.05, 3.63) is 23.0 Å². The zero-order valence-electron chi connectivity index (χ0n) is 16.1. The van der Waals surface area contributed by atoms with Crippen molar-refractivity contribution in [1.82, 2.24) is 19.5 Å². The van der Waals surface area contributed by atoms with E-state index in [0.717, 1.165) is 73.7 Å². The van der Waals surface area contributed by atoms with Crippen LogP contribution in [0.3, 0.4) is 0 Å². The molecule has 4 rings (SSSR count). The molecule has 26 heavy (non-hydrogen) atoms. The lowest BCUT2D eigenvalue weighted by molar-refractivity contribution is -0.134. The first-order valence-corrected chi connectivity index (χ1v) is 9.95. The highest BCUT2D eigenvalue weighted by molar-refractivity contribution is 5.81. The van der Waals surface area contributed by atoms with Gasteiger partial charge in [0.2, 0.25) is 5.91 Å². The number of likely N-dealkylation sites (tertiary alicyclic amines) is 1. The number of nitrogens with one attached hydrogen (secondary N) is 1. The number of rotatable bonds is 5. The minimum Gasteiger partial charge on any atom is -0.370 e. The number of anilines is 1. The lowest BCUT2D eigenvalue weighted by Gasteiger charge is -2.33. The second-order valence-electron chi connectivity index (χ2n) is 7.88. The van der Waals surface area contributed by atoms with Crippen molar-refractivity contribution in [2.75, 3.05) is 25.0 Å². The molecule has 2 aromatic rings. The largest absolute Gasteiger partial charge is 0.370 e. The van der Waals surface area contributed by atoms with E-state index in [0.29, 0.717) is 17.7 Å². The fraction of sp³-hybridized carbons (Fsp3) is 0.650. The van der Waals surface area contributed by atoms with Crippen LogP contribution < -0.4 is 5.32 Å². The van der Waals surface area contributed by atoms with E-state index in [1.54, 1.807) is 0 Å². The highest BCUT2D eigenvalue weighted by Gasteiger charge is 2.35. The zero-order chi connectivity index (χ0) is 18.3. The second-order valence-corrected chi connectivity index (χ2v) is 7.88. The van der Waals surface area contributed by atoms with Crippen LogP contribution in [0.1, 0.15) is 49.6 Å². The zero-order valence-corrected chi connectivity index (χ0v) is 16.1. The first-order valence-electron chi connectivity index (χ1n) is 9.95. The summed E-state index contributed by atoms with van der Waals surface area (Å²) in [5, 5.41) is 8.25. The van der Waals surface area contributed by atoms with Crippen LogP contribution in [0.2, 0.25) is 0 Å². The van der Waals surface area contributed by atoms with Gasteiger partial charge in [-0.25, -0.2) is 4.98 Å². The van der Waals surface area contributed by atoms with Crippen LogP contribution in [0.25, 0.3) is 5.65 Å². The summed E-state index contributed by atoms with van der Waals surface area (Å²) in [7, 11) is 0. The van der Waals surface area contributed by atoms with E-state index >= 15 is 0 Å². The Bertz CT molecular complexity index is 823. The molecule has 0 bridgehead atoms. The number of carbonyl (C=O) groups excluding carboxylic acids is 1. The molecule has 140 valence electrons. The maximum Gasteiger partial charge on any atom is 0.225 e. The van der Waals surface area contributed by atoms with Crippen LogP contribution >= 0.6 is 0 Å². The quantitative estimate of drug-likeness (QED) is 0.896. The lowest BCUT2D eigenvalue weighted by Crippen LogP contribution is -2.42. The molecule has 1 aliphatic heterocycles. The fourth-order valence-electron chi connectivity index (χ4n) is 3.86. The van der Waals surface area contributed by atoms with Crippen LogP contribution in [-0.4, -0.2) is 45.0 Å². The molecule has 1 saturated heterocycles. The van der Waals surface area contributed by atoms with E-state index < -0.39 is 0 Å². The number of piperidine rings is 1. The van der Waals surface area contributed by atoms with Gasteiger partial charge >= 0.3 is 0 Å². The minimum atomic E-state index is 0.323. The van der Waals surface area contributed by atoms with E-state index in [1.165, 1.54) is 6.42 Å². The van der Waals surface area contributed by atoms with Crippen LogP contribution in [0.5, 0.6) is 0 Å². The molecular formula is C20H29N5O. The molecule has 2 fully saturated rings. The van der Waals surface area contributed by atoms with Gasteiger partial charge in [0.1, 0.15) is 5.82 Å². The van der Waals surface area contributed by atoms with Gasteiger partial charge in [0.15, 0.2) is 5.65 Å². The summed E-state index contributed by atoms with van der Waals surface area (Å²) in [6, 6.07) is 2.11. The van der Waals surface area contributed by atoms with Crippen molar-refractivity contribution < 1.29 is 4.79 Å². The number of fused-ring (bicyclic) bond motifs is 1. The van der Waals surface area contributed by atoms with Crippen molar-refractivity contribution in [1.29, 1.82) is 0 Å². The number of aryl methyl sites for hydroxylation is 3. The van der Waals surface area contributed by atoms with Gasteiger partial charge in [-0.3, -0.25) is 4.79 Å². The van der Waals surface area contributed by atoms with E-state index in [9.17, 15) is 4.79 Å². The Morgan fingerprint density at radius 2 is 2.12 bits per heavy atom. The SMILES string of the molecule is CCc1cc(NCC2CCCN(C(=O)C3CC3)C2)n2nc(C)c(C)c2n1. The third-order valence-electron chi connectivity index (χ3n) is 5.80. The van der Waals surface area contributed by atoms with Gasteiger partial charge in [-0.15, -0.1) is 0 Å². The Balaban J connectivity index is 1.48. The molecule has 0 spiro atoms. The molecule has 0 radical (unpaired) electrons. The molecule has 1 aliphatic carbocycles. The van der Waals surface area contributed by atoms with Crippen LogP contribution in [0.15, 0.2) is 6.07 Å². The van der Waals surface area contributed by atoms with E-state index in [-0.39, 0.29) is 0 Å². The predicted octanol–water partition coefficient (Wildman–Crippen LogP) is 2.97. The molecule has 1 N–H and O–H groups in total. The summed E-state index contributed by atoms with van der Waals surface area (Å²) >= 11 is 0. The van der Waals surface area contributed by atoms with Gasteiger partial charge < -0.3 is 10.2 Å². The Labute approximate surface area is 155 Å². The molecule has 0 aromatic carbocycles. The molecule has 1 amide bonds. The molecule has 2 aliphatic rings. The standard InChI is InChI=1S/C20H29N5O/c1-4-17-10-18(25-19(22-17)13(2)14(3)23-25)21-11-15-6-5-9-24(12-15)20(26)16-7-8-16/h10,15-16,21H,4-9,11-12H2,1-3H3. The first kappa shape index (κ1) is 17.3. The number of carbonyl (C=O) groups is 1. The molecule has 6 nitrogen and oxygen atoms in total. The van der Waals surface area contributed by atoms with Crippen molar-refractivity contribution in [3.63, 3.8) is 0 Å². The molecule has 2 aromatic heterocycles. The van der Waals surface area contributed by atoms with Crippen molar-refractivity contribution in [3.8, 4) is 0 Å². The average Bonchev–Trinajstić information content (AvgIpc) is 3.47. The molecule has 1 atom stereocenters. The normalized spacial score (nSPS) is 20.6. The number of hydrogen-bond donors (Lipinski definition) is 1. The third-order valence-corrected chi connectivity index (χ3v) is 5.80. The predicted molar refractivity (Wildman–Crippen MR) is 102 cm³/mol. The van der Waals surface area contributed by atoms with Gasteiger partial charge in [0, 0.05) is 42.9 Å². The van der Waals surface area contributed by atoms with Gasteiger partial charge in [0.25, 0.3) is 0 Å². The number of hydrogen-bond acceptors (Lipinski definition) is 4. The maximum atomic E-state index is 12.4. The Morgan fingerprint density at radius 3 is 2.85 bits per heavy atom. The van der Waals surface area contributed by atoms with E-state index in [4.69, 9.17) is 4.98 Å². The van der Waals surface area contributed by atoms with Gasteiger partial charge in [0.05, 0.1) is 5.69 Å². The minimum absolute atomic E-state index is 0.323. The van der Waals surface area contributed by atoms with Gasteiger partial charge in [-0.2, -0.15) is 9.61 Å². The Hall–Kier alpha value is -2.11. The van der Waals surface area contributed by atoms with Crippen molar-refractivity contribution in [2.45, 2.75) is 52.9 Å². The smallest absolute Gasteiger partial charge is 0.225 e. The first-order chi connectivity index (χ1) is 12.6. The number of aromatic nitrogens is 3. The highest BCUT2D eigenvalue weighted by atomic mass is 16.2. The summed E-state index contributed by atoms with van der Waals surface area (Å²) in [6.45, 7) is 8.92. The summed E-state index contributed by atoms with van der Waals surface area (Å²) < 4.78 is 1.93. The summed E-state index contributed by atoms with van der Waals surface area (Å²) in [5.41, 5.74) is 4.19. The number of amides is 1. The molecular weight excluding hydrogens is 326 g/mol. The number of nitrogens with zero attached hydrogens (tertiary/aromatic N) is 4. The average molecular weight is 355 g/mol. The molecule has 1 saturated carbocycles. The van der Waals surface area contributed by atoms with Crippen LogP contribution in [-0.2, 0) is 11.2 Å². The lowest BCUT2D eigenvalue weighted by atomic mass is 9.97. The highest BCUT2D eigenvalue weighted by Crippen LogP contribution is 2.32. The Morgan fingerprint density at radius 1 is 1.31 bits per heavy atom. The monoisotopic (exact) mass is 355 g/mol.